The molecule has 0 heterocycles. The van der Waals surface area contributed by atoms with Gasteiger partial charge in [-0.3, -0.25) is 13.9 Å². The lowest BCUT2D eigenvalue weighted by Gasteiger charge is -2.32. The number of amides is 2. The summed E-state index contributed by atoms with van der Waals surface area (Å²) in [4.78, 5) is 28.5. The Hall–Kier alpha value is -3.17. The lowest BCUT2D eigenvalue weighted by atomic mass is 10.1. The number of hydrogen-bond donors (Lipinski definition) is 1. The van der Waals surface area contributed by atoms with Crippen LogP contribution in [0.2, 0.25) is 0 Å². The highest BCUT2D eigenvalue weighted by Gasteiger charge is 2.32. The number of sulfonamides is 1. The lowest BCUT2D eigenvalue weighted by Crippen LogP contribution is -2.51. The van der Waals surface area contributed by atoms with Crippen LogP contribution < -0.4 is 9.62 Å². The number of nitrogens with zero attached hydrogens (tertiary/aromatic N) is 2. The third kappa shape index (κ3) is 8.16. The van der Waals surface area contributed by atoms with Gasteiger partial charge in [0.1, 0.15) is 12.6 Å². The van der Waals surface area contributed by atoms with Crippen LogP contribution in [0.25, 0.3) is 0 Å². The quantitative estimate of drug-likeness (QED) is 0.311. The molecule has 208 valence electrons. The van der Waals surface area contributed by atoms with E-state index in [2.05, 4.69) is 21.2 Å². The molecule has 3 aromatic rings. The number of carbonyl (C=O) groups is 2. The van der Waals surface area contributed by atoms with Gasteiger partial charge >= 0.3 is 0 Å². The second kappa shape index (κ2) is 13.3. The predicted molar refractivity (Wildman–Crippen MR) is 159 cm³/mol. The molecule has 0 radical (unpaired) electrons. The summed E-state index contributed by atoms with van der Waals surface area (Å²) in [5, 5.41) is 2.89. The molecule has 0 saturated carbocycles. The summed E-state index contributed by atoms with van der Waals surface area (Å²) in [5.74, 6) is -0.535. The van der Waals surface area contributed by atoms with Crippen LogP contribution in [0, 0.1) is 19.8 Å². The molecule has 2 amide bonds. The molecule has 0 saturated heterocycles. The first-order chi connectivity index (χ1) is 18.4. The van der Waals surface area contributed by atoms with Crippen LogP contribution in [0.15, 0.2) is 82.2 Å². The van der Waals surface area contributed by atoms with Gasteiger partial charge in [0, 0.05) is 17.6 Å². The number of halogens is 1. The van der Waals surface area contributed by atoms with Crippen LogP contribution in [-0.4, -0.2) is 44.3 Å². The normalized spacial score (nSPS) is 12.2. The molecule has 0 fully saturated rings. The third-order valence-corrected chi connectivity index (χ3v) is 8.64. The summed E-state index contributed by atoms with van der Waals surface area (Å²) in [7, 11) is -4.08. The van der Waals surface area contributed by atoms with E-state index < -0.39 is 28.5 Å². The largest absolute Gasteiger partial charge is 0.354 e. The summed E-state index contributed by atoms with van der Waals surface area (Å²) >= 11 is 3.42. The van der Waals surface area contributed by atoms with Crippen LogP contribution in [0.1, 0.15) is 37.5 Å². The maximum Gasteiger partial charge on any atom is 0.264 e. The molecule has 0 aromatic heterocycles. The van der Waals surface area contributed by atoms with Crippen molar-refractivity contribution in [1.82, 2.24) is 10.2 Å². The summed E-state index contributed by atoms with van der Waals surface area (Å²) in [6.45, 7) is 9.59. The Morgan fingerprint density at radius 3 is 1.92 bits per heavy atom. The van der Waals surface area contributed by atoms with Gasteiger partial charge in [0.15, 0.2) is 0 Å². The first-order valence-electron chi connectivity index (χ1n) is 12.9. The topological polar surface area (TPSA) is 86.8 Å². The van der Waals surface area contributed by atoms with E-state index >= 15 is 0 Å². The maximum absolute atomic E-state index is 13.9. The van der Waals surface area contributed by atoms with Crippen LogP contribution >= 0.6 is 15.9 Å². The molecule has 0 aliphatic carbocycles. The summed E-state index contributed by atoms with van der Waals surface area (Å²) in [6, 6.07) is 20.2. The van der Waals surface area contributed by atoms with Gasteiger partial charge in [-0.05, 0) is 68.7 Å². The van der Waals surface area contributed by atoms with Gasteiger partial charge in [-0.15, -0.1) is 0 Å². The average Bonchev–Trinajstić information content (AvgIpc) is 2.90. The number of rotatable bonds is 11. The van der Waals surface area contributed by atoms with Crippen molar-refractivity contribution in [2.75, 3.05) is 17.4 Å². The highest BCUT2D eigenvalue weighted by atomic mass is 79.9. The minimum absolute atomic E-state index is 0.0867. The molecule has 7 nitrogen and oxygen atoms in total. The molecule has 0 aliphatic rings. The standard InChI is InChI=1S/C30H36BrN3O4S/c1-21(2)18-32-30(36)24(5)33(19-25-10-12-26(31)13-11-25)29(35)20-34(27-14-6-22(3)7-15-27)39(37,38)28-16-8-23(4)9-17-28/h6-17,21,24H,18-20H2,1-5H3,(H,32,36). The van der Waals surface area contributed by atoms with Crippen LogP contribution in [0.4, 0.5) is 5.69 Å². The first-order valence-corrected chi connectivity index (χ1v) is 15.1. The van der Waals surface area contributed by atoms with Crippen molar-refractivity contribution >= 4 is 43.5 Å². The molecule has 0 spiro atoms. The van der Waals surface area contributed by atoms with Crippen LogP contribution in [-0.2, 0) is 26.2 Å². The molecule has 1 unspecified atom stereocenters. The van der Waals surface area contributed by atoms with E-state index in [1.807, 2.05) is 52.0 Å². The van der Waals surface area contributed by atoms with E-state index in [4.69, 9.17) is 0 Å². The van der Waals surface area contributed by atoms with Crippen LogP contribution in [0.5, 0.6) is 0 Å². The highest BCUT2D eigenvalue weighted by Crippen LogP contribution is 2.25. The number of nitrogens with one attached hydrogen (secondary N) is 1. The van der Waals surface area contributed by atoms with Crippen LogP contribution in [0.3, 0.4) is 0 Å². The number of benzene rings is 3. The zero-order valence-corrected chi connectivity index (χ0v) is 25.4. The van der Waals surface area contributed by atoms with E-state index in [1.165, 1.54) is 17.0 Å². The second-order valence-electron chi connectivity index (χ2n) is 10.1. The smallest absolute Gasteiger partial charge is 0.264 e. The van der Waals surface area contributed by atoms with Gasteiger partial charge < -0.3 is 10.2 Å². The Morgan fingerprint density at radius 2 is 1.38 bits per heavy atom. The molecule has 1 N–H and O–H groups in total. The minimum atomic E-state index is -4.08. The number of anilines is 1. The fourth-order valence-corrected chi connectivity index (χ4v) is 5.58. The van der Waals surface area contributed by atoms with Gasteiger partial charge in [-0.2, -0.15) is 0 Å². The third-order valence-electron chi connectivity index (χ3n) is 6.33. The molecule has 3 aromatic carbocycles. The first kappa shape index (κ1) is 30.4. The number of carbonyl (C=O) groups excluding carboxylic acids is 2. The predicted octanol–water partition coefficient (Wildman–Crippen LogP) is 5.45. The summed E-state index contributed by atoms with van der Waals surface area (Å²) in [5.41, 5.74) is 3.08. The second-order valence-corrected chi connectivity index (χ2v) is 12.9. The molecule has 0 bridgehead atoms. The molecule has 39 heavy (non-hydrogen) atoms. The minimum Gasteiger partial charge on any atom is -0.354 e. The maximum atomic E-state index is 13.9. The molecule has 3 rings (SSSR count). The fraction of sp³-hybridized carbons (Fsp3) is 0.333. The Bertz CT molecular complexity index is 1370. The van der Waals surface area contributed by atoms with Crippen molar-refractivity contribution in [2.45, 2.75) is 52.1 Å². The summed E-state index contributed by atoms with van der Waals surface area (Å²) < 4.78 is 29.7. The van der Waals surface area contributed by atoms with Gasteiger partial charge in [0.05, 0.1) is 10.6 Å². The molecule has 1 atom stereocenters. The van der Waals surface area contributed by atoms with E-state index in [0.29, 0.717) is 12.2 Å². The lowest BCUT2D eigenvalue weighted by molar-refractivity contribution is -0.139. The zero-order chi connectivity index (χ0) is 28.7. The number of aryl methyl sites for hydroxylation is 2. The average molecular weight is 615 g/mol. The van der Waals surface area contributed by atoms with Gasteiger partial charge in [-0.25, -0.2) is 8.42 Å². The molecular formula is C30H36BrN3O4S. The Morgan fingerprint density at radius 1 is 0.846 bits per heavy atom. The van der Waals surface area contributed by atoms with E-state index in [9.17, 15) is 18.0 Å². The Kier molecular flexibility index (Phi) is 10.3. The highest BCUT2D eigenvalue weighted by molar-refractivity contribution is 9.10. The van der Waals surface area contributed by atoms with Crippen molar-refractivity contribution in [2.24, 2.45) is 5.92 Å². The Labute approximate surface area is 240 Å². The summed E-state index contributed by atoms with van der Waals surface area (Å²) in [6.07, 6.45) is 0. The van der Waals surface area contributed by atoms with Crippen molar-refractivity contribution in [3.8, 4) is 0 Å². The Balaban J connectivity index is 2.00. The molecule has 9 heteroatoms. The SMILES string of the molecule is Cc1ccc(N(CC(=O)N(Cc2ccc(Br)cc2)C(C)C(=O)NCC(C)C)S(=O)(=O)c2ccc(C)cc2)cc1. The van der Waals surface area contributed by atoms with Crippen molar-refractivity contribution in [3.05, 3.63) is 94.0 Å². The molecular weight excluding hydrogens is 578 g/mol. The van der Waals surface area contributed by atoms with Gasteiger partial charge in [0.2, 0.25) is 11.8 Å². The fourth-order valence-electron chi connectivity index (χ4n) is 3.90. The number of hydrogen-bond acceptors (Lipinski definition) is 4. The van der Waals surface area contributed by atoms with Crippen molar-refractivity contribution in [3.63, 3.8) is 0 Å². The van der Waals surface area contributed by atoms with Gasteiger partial charge in [0.25, 0.3) is 10.0 Å². The van der Waals surface area contributed by atoms with E-state index in [0.717, 1.165) is 25.5 Å². The van der Waals surface area contributed by atoms with Crippen molar-refractivity contribution < 1.29 is 18.0 Å². The zero-order valence-electron chi connectivity index (χ0n) is 23.0. The molecule has 0 aliphatic heterocycles. The van der Waals surface area contributed by atoms with Crippen molar-refractivity contribution in [1.29, 1.82) is 0 Å². The van der Waals surface area contributed by atoms with Gasteiger partial charge in [-0.1, -0.05) is 77.3 Å². The van der Waals surface area contributed by atoms with E-state index in [1.54, 1.807) is 43.3 Å². The van der Waals surface area contributed by atoms with E-state index in [-0.39, 0.29) is 23.3 Å². The monoisotopic (exact) mass is 613 g/mol.